The van der Waals surface area contributed by atoms with Gasteiger partial charge in [0.1, 0.15) is 0 Å². The summed E-state index contributed by atoms with van der Waals surface area (Å²) in [4.78, 5) is 15.4. The van der Waals surface area contributed by atoms with Crippen LogP contribution in [0.3, 0.4) is 0 Å². The highest BCUT2D eigenvalue weighted by Gasteiger charge is 2.10. The van der Waals surface area contributed by atoms with Gasteiger partial charge >= 0.3 is 0 Å². The molecule has 1 aromatic heterocycles. The predicted octanol–water partition coefficient (Wildman–Crippen LogP) is 8.08. The molecule has 1 aromatic rings. The lowest BCUT2D eigenvalue weighted by atomic mass is 10.0. The number of unbranched alkanes of at least 4 members (excludes halogenated alkanes) is 14. The number of ketones is 1. The second-order valence-corrected chi connectivity index (χ2v) is 8.13. The number of aromatic amines is 1. The standard InChI is InChI=1S/C24H43NO/c1-4-5-6-7-8-9-10-11-12-13-14-15-16-17-18-19-23(26)24-21(2)20-22(3)25-24/h20,25H,4-19H2,1-3H3. The Balaban J connectivity index is 1.84. The molecule has 0 radical (unpaired) electrons. The van der Waals surface area contributed by atoms with Crippen molar-refractivity contribution in [2.24, 2.45) is 0 Å². The van der Waals surface area contributed by atoms with Crippen molar-refractivity contribution in [2.45, 2.75) is 124 Å². The quantitative estimate of drug-likeness (QED) is 0.221. The Morgan fingerprint density at radius 2 is 1.15 bits per heavy atom. The average Bonchev–Trinajstić information content (AvgIpc) is 2.96. The zero-order chi connectivity index (χ0) is 19.0. The fourth-order valence-electron chi connectivity index (χ4n) is 3.80. The molecule has 2 heteroatoms. The lowest BCUT2D eigenvalue weighted by Gasteiger charge is -2.04. The highest BCUT2D eigenvalue weighted by molar-refractivity contribution is 5.95. The third-order valence-electron chi connectivity index (χ3n) is 5.44. The summed E-state index contributed by atoms with van der Waals surface area (Å²) in [6, 6.07) is 2.06. The van der Waals surface area contributed by atoms with Gasteiger partial charge in [0.2, 0.25) is 0 Å². The van der Waals surface area contributed by atoms with E-state index in [1.807, 2.05) is 13.8 Å². The van der Waals surface area contributed by atoms with Gasteiger partial charge in [-0.1, -0.05) is 96.8 Å². The first-order valence-electron chi connectivity index (χ1n) is 11.3. The van der Waals surface area contributed by atoms with E-state index >= 15 is 0 Å². The van der Waals surface area contributed by atoms with Crippen LogP contribution >= 0.6 is 0 Å². The highest BCUT2D eigenvalue weighted by atomic mass is 16.1. The maximum absolute atomic E-state index is 12.2. The van der Waals surface area contributed by atoms with Crippen LogP contribution in [0.5, 0.6) is 0 Å². The van der Waals surface area contributed by atoms with E-state index in [1.165, 1.54) is 89.9 Å². The van der Waals surface area contributed by atoms with E-state index in [2.05, 4.69) is 18.0 Å². The molecule has 0 saturated heterocycles. The van der Waals surface area contributed by atoms with Crippen LogP contribution in [0.4, 0.5) is 0 Å². The number of hydrogen-bond acceptors (Lipinski definition) is 1. The fourth-order valence-corrected chi connectivity index (χ4v) is 3.80. The Morgan fingerprint density at radius 3 is 1.54 bits per heavy atom. The number of carbonyl (C=O) groups excluding carboxylic acids is 1. The number of Topliss-reactive ketones (excluding diaryl/α,β-unsaturated/α-hetero) is 1. The molecule has 26 heavy (non-hydrogen) atoms. The van der Waals surface area contributed by atoms with E-state index in [0.717, 1.165) is 23.4 Å². The van der Waals surface area contributed by atoms with Gasteiger partial charge < -0.3 is 4.98 Å². The summed E-state index contributed by atoms with van der Waals surface area (Å²) in [5.41, 5.74) is 3.00. The summed E-state index contributed by atoms with van der Waals surface area (Å²) >= 11 is 0. The van der Waals surface area contributed by atoms with Crippen LogP contribution in [-0.4, -0.2) is 10.8 Å². The highest BCUT2D eigenvalue weighted by Crippen LogP contribution is 2.16. The molecular weight excluding hydrogens is 318 g/mol. The normalized spacial score (nSPS) is 11.2. The van der Waals surface area contributed by atoms with E-state index in [9.17, 15) is 4.79 Å². The molecule has 0 aliphatic rings. The second kappa shape index (κ2) is 15.1. The molecule has 0 amide bonds. The summed E-state index contributed by atoms with van der Waals surface area (Å²) < 4.78 is 0. The Kier molecular flexibility index (Phi) is 13.3. The number of hydrogen-bond donors (Lipinski definition) is 1. The molecule has 0 aliphatic carbocycles. The van der Waals surface area contributed by atoms with Crippen molar-refractivity contribution in [3.05, 3.63) is 23.0 Å². The monoisotopic (exact) mass is 361 g/mol. The van der Waals surface area contributed by atoms with Gasteiger partial charge in [-0.2, -0.15) is 0 Å². The Labute approximate surface area is 162 Å². The van der Waals surface area contributed by atoms with Gasteiger partial charge in [-0.05, 0) is 31.9 Å². The molecule has 1 heterocycles. The molecule has 0 bridgehead atoms. The number of H-pyrrole nitrogens is 1. The van der Waals surface area contributed by atoms with Crippen molar-refractivity contribution in [2.75, 3.05) is 0 Å². The second-order valence-electron chi connectivity index (χ2n) is 8.13. The van der Waals surface area contributed by atoms with Crippen molar-refractivity contribution < 1.29 is 4.79 Å². The van der Waals surface area contributed by atoms with Gasteiger partial charge in [-0.3, -0.25) is 4.79 Å². The Hall–Kier alpha value is -1.05. The summed E-state index contributed by atoms with van der Waals surface area (Å²) in [6.45, 7) is 6.31. The minimum absolute atomic E-state index is 0.283. The molecule has 1 rings (SSSR count). The molecular formula is C24H43NO. The lowest BCUT2D eigenvalue weighted by molar-refractivity contribution is 0.0974. The molecule has 150 valence electrons. The predicted molar refractivity (Wildman–Crippen MR) is 114 cm³/mol. The summed E-state index contributed by atoms with van der Waals surface area (Å²) in [5, 5.41) is 0. The van der Waals surface area contributed by atoms with Crippen molar-refractivity contribution in [3.63, 3.8) is 0 Å². The molecule has 0 atom stereocenters. The molecule has 0 aliphatic heterocycles. The van der Waals surface area contributed by atoms with E-state index in [4.69, 9.17) is 0 Å². The first-order chi connectivity index (χ1) is 12.6. The maximum Gasteiger partial charge on any atom is 0.179 e. The minimum Gasteiger partial charge on any atom is -0.356 e. The fraction of sp³-hybridized carbons (Fsp3) is 0.792. The zero-order valence-electron chi connectivity index (χ0n) is 17.8. The molecule has 0 aromatic carbocycles. The number of rotatable bonds is 17. The van der Waals surface area contributed by atoms with E-state index in [1.54, 1.807) is 0 Å². The van der Waals surface area contributed by atoms with Gasteiger partial charge in [0.15, 0.2) is 5.78 Å². The van der Waals surface area contributed by atoms with Crippen LogP contribution in [0.25, 0.3) is 0 Å². The maximum atomic E-state index is 12.2. The van der Waals surface area contributed by atoms with Gasteiger partial charge in [0, 0.05) is 12.1 Å². The van der Waals surface area contributed by atoms with Crippen LogP contribution < -0.4 is 0 Å². The molecule has 0 spiro atoms. The first kappa shape index (κ1) is 23.0. The zero-order valence-corrected chi connectivity index (χ0v) is 17.8. The van der Waals surface area contributed by atoms with Crippen molar-refractivity contribution in [1.29, 1.82) is 0 Å². The first-order valence-corrected chi connectivity index (χ1v) is 11.3. The number of aryl methyl sites for hydroxylation is 2. The topological polar surface area (TPSA) is 32.9 Å². The van der Waals surface area contributed by atoms with Crippen molar-refractivity contribution in [1.82, 2.24) is 4.98 Å². The minimum atomic E-state index is 0.283. The molecule has 2 nitrogen and oxygen atoms in total. The average molecular weight is 362 g/mol. The van der Waals surface area contributed by atoms with E-state index < -0.39 is 0 Å². The molecule has 1 N–H and O–H groups in total. The van der Waals surface area contributed by atoms with Crippen LogP contribution in [0.2, 0.25) is 0 Å². The van der Waals surface area contributed by atoms with Crippen molar-refractivity contribution in [3.8, 4) is 0 Å². The number of carbonyl (C=O) groups is 1. The van der Waals surface area contributed by atoms with E-state index in [-0.39, 0.29) is 5.78 Å². The van der Waals surface area contributed by atoms with Gasteiger partial charge in [0.25, 0.3) is 0 Å². The number of aromatic nitrogens is 1. The molecule has 0 fully saturated rings. The van der Waals surface area contributed by atoms with Crippen LogP contribution in [-0.2, 0) is 0 Å². The molecule has 0 saturated carbocycles. The van der Waals surface area contributed by atoms with Crippen LogP contribution in [0.1, 0.15) is 131 Å². The van der Waals surface area contributed by atoms with Crippen molar-refractivity contribution >= 4 is 5.78 Å². The summed E-state index contributed by atoms with van der Waals surface area (Å²) in [7, 11) is 0. The Bertz CT molecular complexity index is 475. The SMILES string of the molecule is CCCCCCCCCCCCCCCCCC(=O)c1[nH]c(C)cc1C. The largest absolute Gasteiger partial charge is 0.356 e. The van der Waals surface area contributed by atoms with Crippen LogP contribution in [0.15, 0.2) is 6.07 Å². The van der Waals surface area contributed by atoms with E-state index in [0.29, 0.717) is 6.42 Å². The smallest absolute Gasteiger partial charge is 0.179 e. The van der Waals surface area contributed by atoms with Gasteiger partial charge in [-0.25, -0.2) is 0 Å². The van der Waals surface area contributed by atoms with Gasteiger partial charge in [0.05, 0.1) is 5.69 Å². The van der Waals surface area contributed by atoms with Crippen LogP contribution in [0, 0.1) is 13.8 Å². The molecule has 0 unspecified atom stereocenters. The third-order valence-corrected chi connectivity index (χ3v) is 5.44. The summed E-state index contributed by atoms with van der Waals surface area (Å²) in [6.07, 6.45) is 21.1. The summed E-state index contributed by atoms with van der Waals surface area (Å²) in [5.74, 6) is 0.283. The van der Waals surface area contributed by atoms with Gasteiger partial charge in [-0.15, -0.1) is 0 Å². The lowest BCUT2D eigenvalue weighted by Crippen LogP contribution is -2.01. The third kappa shape index (κ3) is 10.8. The Morgan fingerprint density at radius 1 is 0.731 bits per heavy atom. The number of nitrogens with one attached hydrogen (secondary N) is 1.